The Morgan fingerprint density at radius 1 is 1.32 bits per heavy atom. The van der Waals surface area contributed by atoms with E-state index in [1.807, 2.05) is 11.0 Å². The van der Waals surface area contributed by atoms with Crippen LogP contribution in [-0.2, 0) is 17.8 Å². The van der Waals surface area contributed by atoms with Crippen LogP contribution in [0, 0.1) is 5.92 Å². The Hall–Kier alpha value is -2.70. The van der Waals surface area contributed by atoms with Crippen LogP contribution in [0.3, 0.4) is 0 Å². The number of aromatic carboxylic acids is 1. The molecule has 0 bridgehead atoms. The molecule has 7 nitrogen and oxygen atoms in total. The monoisotopic (exact) mass is 342 g/mol. The van der Waals surface area contributed by atoms with Crippen molar-refractivity contribution in [3.63, 3.8) is 0 Å². The minimum atomic E-state index is -0.905. The zero-order valence-electron chi connectivity index (χ0n) is 14.0. The Kier molecular flexibility index (Phi) is 5.42. The molecule has 1 amide bonds. The summed E-state index contributed by atoms with van der Waals surface area (Å²) in [6, 6.07) is 7.06. The minimum absolute atomic E-state index is 0.182. The van der Waals surface area contributed by atoms with E-state index in [1.54, 1.807) is 29.2 Å². The van der Waals surface area contributed by atoms with E-state index in [1.165, 1.54) is 6.33 Å². The van der Waals surface area contributed by atoms with Gasteiger partial charge in [-0.2, -0.15) is 5.10 Å². The van der Waals surface area contributed by atoms with Gasteiger partial charge in [0.15, 0.2) is 0 Å². The van der Waals surface area contributed by atoms with Gasteiger partial charge < -0.3 is 10.0 Å². The lowest BCUT2D eigenvalue weighted by atomic mass is 9.97. The van der Waals surface area contributed by atoms with Gasteiger partial charge in [-0.25, -0.2) is 9.78 Å². The number of carbonyl (C=O) groups excluding carboxylic acids is 1. The molecule has 0 saturated carbocycles. The second-order valence-electron chi connectivity index (χ2n) is 6.47. The largest absolute Gasteiger partial charge is 0.478 e. The smallest absolute Gasteiger partial charge is 0.335 e. The van der Waals surface area contributed by atoms with Crippen molar-refractivity contribution < 1.29 is 14.7 Å². The summed E-state index contributed by atoms with van der Waals surface area (Å²) in [6.45, 7) is 2.23. The average molecular weight is 342 g/mol. The summed E-state index contributed by atoms with van der Waals surface area (Å²) in [5.41, 5.74) is 1.34. The van der Waals surface area contributed by atoms with E-state index in [-0.39, 0.29) is 5.91 Å². The van der Waals surface area contributed by atoms with Crippen LogP contribution >= 0.6 is 0 Å². The molecule has 1 N–H and O–H groups in total. The van der Waals surface area contributed by atoms with Gasteiger partial charge in [0.05, 0.1) is 5.56 Å². The zero-order chi connectivity index (χ0) is 17.6. The lowest BCUT2D eigenvalue weighted by Crippen LogP contribution is -2.29. The third-order valence-corrected chi connectivity index (χ3v) is 4.58. The van der Waals surface area contributed by atoms with Gasteiger partial charge in [0.1, 0.15) is 12.7 Å². The summed E-state index contributed by atoms with van der Waals surface area (Å²) in [5.74, 6) is -0.331. The second-order valence-corrected chi connectivity index (χ2v) is 6.47. The average Bonchev–Trinajstić information content (AvgIpc) is 3.27. The number of hydrogen-bond acceptors (Lipinski definition) is 4. The summed E-state index contributed by atoms with van der Waals surface area (Å²) in [4.78, 5) is 29.2. The van der Waals surface area contributed by atoms with E-state index in [9.17, 15) is 9.59 Å². The number of carboxylic acid groups (broad SMARTS) is 1. The van der Waals surface area contributed by atoms with E-state index >= 15 is 0 Å². The normalized spacial score (nSPS) is 17.0. The van der Waals surface area contributed by atoms with Crippen LogP contribution < -0.4 is 0 Å². The number of benzene rings is 1. The van der Waals surface area contributed by atoms with Gasteiger partial charge in [-0.05, 0) is 42.9 Å². The van der Waals surface area contributed by atoms with Crippen LogP contribution in [0.25, 0.3) is 0 Å². The molecule has 3 rings (SSSR count). The lowest BCUT2D eigenvalue weighted by molar-refractivity contribution is -0.130. The fourth-order valence-corrected chi connectivity index (χ4v) is 3.29. The third-order valence-electron chi connectivity index (χ3n) is 4.58. The van der Waals surface area contributed by atoms with Crippen LogP contribution in [0.2, 0.25) is 0 Å². The number of hydrogen-bond donors (Lipinski definition) is 1. The van der Waals surface area contributed by atoms with Crippen LogP contribution in [0.15, 0.2) is 36.9 Å². The fourth-order valence-electron chi connectivity index (χ4n) is 3.29. The van der Waals surface area contributed by atoms with Crippen molar-refractivity contribution in [2.24, 2.45) is 5.92 Å². The predicted octanol–water partition coefficient (Wildman–Crippen LogP) is 1.85. The highest BCUT2D eigenvalue weighted by Gasteiger charge is 2.26. The SMILES string of the molecule is O=C(O)c1cccc(CC2CCN(C(=O)CCCn3cncn3)C2)c1. The number of carbonyl (C=O) groups is 2. The molecule has 2 aromatic rings. The first-order valence-corrected chi connectivity index (χ1v) is 8.54. The van der Waals surface area contributed by atoms with Crippen molar-refractivity contribution in [3.05, 3.63) is 48.0 Å². The number of likely N-dealkylation sites (tertiary alicyclic amines) is 1. The first-order valence-electron chi connectivity index (χ1n) is 8.54. The lowest BCUT2D eigenvalue weighted by Gasteiger charge is -2.16. The molecule has 1 fully saturated rings. The summed E-state index contributed by atoms with van der Waals surface area (Å²) < 4.78 is 1.73. The molecule has 132 valence electrons. The molecule has 0 aliphatic carbocycles. The summed E-state index contributed by atoms with van der Waals surface area (Å²) in [5, 5.41) is 13.1. The van der Waals surface area contributed by atoms with E-state index in [2.05, 4.69) is 10.1 Å². The first kappa shape index (κ1) is 17.1. The molecular weight excluding hydrogens is 320 g/mol. The predicted molar refractivity (Wildman–Crippen MR) is 91.0 cm³/mol. The van der Waals surface area contributed by atoms with Crippen molar-refractivity contribution in [1.82, 2.24) is 19.7 Å². The topological polar surface area (TPSA) is 88.3 Å². The van der Waals surface area contributed by atoms with E-state index in [4.69, 9.17) is 5.11 Å². The quantitative estimate of drug-likeness (QED) is 0.829. The maximum atomic E-state index is 12.3. The second kappa shape index (κ2) is 7.92. The molecule has 1 aromatic carbocycles. The van der Waals surface area contributed by atoms with Crippen LogP contribution in [0.1, 0.15) is 35.2 Å². The molecule has 0 radical (unpaired) electrons. The summed E-state index contributed by atoms with van der Waals surface area (Å²) >= 11 is 0. The molecule has 1 aliphatic rings. The molecule has 25 heavy (non-hydrogen) atoms. The number of rotatable bonds is 7. The molecule has 1 aliphatic heterocycles. The maximum Gasteiger partial charge on any atom is 0.335 e. The minimum Gasteiger partial charge on any atom is -0.478 e. The summed E-state index contributed by atoms with van der Waals surface area (Å²) in [7, 11) is 0. The van der Waals surface area contributed by atoms with Gasteiger partial charge >= 0.3 is 5.97 Å². The number of aromatic nitrogens is 3. The van der Waals surface area contributed by atoms with Gasteiger partial charge in [0.2, 0.25) is 5.91 Å². The molecule has 2 heterocycles. The van der Waals surface area contributed by atoms with Crippen molar-refractivity contribution in [3.8, 4) is 0 Å². The van der Waals surface area contributed by atoms with Gasteiger partial charge in [0.25, 0.3) is 0 Å². The molecule has 0 spiro atoms. The van der Waals surface area contributed by atoms with Gasteiger partial charge in [-0.15, -0.1) is 0 Å². The van der Waals surface area contributed by atoms with Crippen molar-refractivity contribution in [1.29, 1.82) is 0 Å². The van der Waals surface area contributed by atoms with Gasteiger partial charge in [0, 0.05) is 26.1 Å². The van der Waals surface area contributed by atoms with Crippen molar-refractivity contribution in [2.45, 2.75) is 32.2 Å². The molecule has 1 atom stereocenters. The number of nitrogens with zero attached hydrogens (tertiary/aromatic N) is 4. The van der Waals surface area contributed by atoms with Gasteiger partial charge in [-0.3, -0.25) is 9.48 Å². The maximum absolute atomic E-state index is 12.3. The van der Waals surface area contributed by atoms with Crippen LogP contribution in [0.4, 0.5) is 0 Å². The molecule has 1 aromatic heterocycles. The van der Waals surface area contributed by atoms with E-state index < -0.39 is 5.97 Å². The number of amides is 1. The standard InChI is InChI=1S/C18H22N4O3/c23-17(5-2-7-22-13-19-12-20-22)21-8-6-15(11-21)9-14-3-1-4-16(10-14)18(24)25/h1,3-4,10,12-13,15H,2,5-9,11H2,(H,24,25). The highest BCUT2D eigenvalue weighted by molar-refractivity contribution is 5.87. The highest BCUT2D eigenvalue weighted by Crippen LogP contribution is 2.22. The Balaban J connectivity index is 1.45. The molecule has 1 saturated heterocycles. The fraction of sp³-hybridized carbons (Fsp3) is 0.444. The Morgan fingerprint density at radius 3 is 2.96 bits per heavy atom. The van der Waals surface area contributed by atoms with E-state index in [0.29, 0.717) is 24.4 Å². The highest BCUT2D eigenvalue weighted by atomic mass is 16.4. The Labute approximate surface area is 146 Å². The third kappa shape index (κ3) is 4.65. The van der Waals surface area contributed by atoms with Crippen LogP contribution in [0.5, 0.6) is 0 Å². The van der Waals surface area contributed by atoms with Gasteiger partial charge in [-0.1, -0.05) is 12.1 Å². The number of carboxylic acids is 1. The van der Waals surface area contributed by atoms with Crippen molar-refractivity contribution in [2.75, 3.05) is 13.1 Å². The summed E-state index contributed by atoms with van der Waals surface area (Å²) in [6.07, 6.45) is 6.19. The van der Waals surface area contributed by atoms with E-state index in [0.717, 1.165) is 37.9 Å². The zero-order valence-corrected chi connectivity index (χ0v) is 14.0. The Morgan fingerprint density at radius 2 is 2.20 bits per heavy atom. The molecular formula is C18H22N4O3. The Bertz CT molecular complexity index is 730. The van der Waals surface area contributed by atoms with Crippen LogP contribution in [-0.4, -0.2) is 49.7 Å². The molecule has 7 heteroatoms. The molecule has 1 unspecified atom stereocenters. The van der Waals surface area contributed by atoms with Crippen molar-refractivity contribution >= 4 is 11.9 Å². The number of aryl methyl sites for hydroxylation is 1. The first-order chi connectivity index (χ1) is 12.1.